The van der Waals surface area contributed by atoms with Gasteiger partial charge >= 0.3 is 0 Å². The fourth-order valence-corrected chi connectivity index (χ4v) is 1.74. The molecule has 0 spiro atoms. The number of hydrogen-bond acceptors (Lipinski definition) is 2. The van der Waals surface area contributed by atoms with Crippen molar-refractivity contribution in [1.82, 2.24) is 4.90 Å². The molecule has 1 saturated heterocycles. The molecule has 1 heterocycles. The average molecular weight is 169 g/mol. The quantitative estimate of drug-likeness (QED) is 0.595. The first-order chi connectivity index (χ1) is 5.43. The van der Waals surface area contributed by atoms with Gasteiger partial charge in [-0.15, -0.1) is 0 Å². The summed E-state index contributed by atoms with van der Waals surface area (Å²) in [6, 6.07) is 0.185. The van der Waals surface area contributed by atoms with Crippen molar-refractivity contribution in [2.24, 2.45) is 5.41 Å². The SMILES string of the molecule is CN1CCCC1C(=O)C(C)(C)C. The molecule has 0 aromatic rings. The number of Topliss-reactive ketones (excluding diaryl/α,β-unsaturated/α-hetero) is 1. The van der Waals surface area contributed by atoms with E-state index in [-0.39, 0.29) is 11.5 Å². The predicted octanol–water partition coefficient (Wildman–Crippen LogP) is 1.70. The summed E-state index contributed by atoms with van der Waals surface area (Å²) in [6.07, 6.45) is 2.22. The van der Waals surface area contributed by atoms with E-state index in [0.717, 1.165) is 13.0 Å². The van der Waals surface area contributed by atoms with Gasteiger partial charge in [-0.25, -0.2) is 0 Å². The van der Waals surface area contributed by atoms with Gasteiger partial charge in [-0.1, -0.05) is 20.8 Å². The molecule has 0 bridgehead atoms. The molecular weight excluding hydrogens is 150 g/mol. The fourth-order valence-electron chi connectivity index (χ4n) is 1.74. The van der Waals surface area contributed by atoms with Crippen LogP contribution in [0.5, 0.6) is 0 Å². The maximum Gasteiger partial charge on any atom is 0.155 e. The first-order valence-corrected chi connectivity index (χ1v) is 4.67. The molecule has 2 heteroatoms. The molecule has 0 aliphatic carbocycles. The van der Waals surface area contributed by atoms with Gasteiger partial charge in [0, 0.05) is 5.41 Å². The molecule has 70 valence electrons. The second-order valence-electron chi connectivity index (χ2n) is 4.75. The molecule has 0 amide bonds. The molecule has 1 aliphatic rings. The predicted molar refractivity (Wildman–Crippen MR) is 50.1 cm³/mol. The van der Waals surface area contributed by atoms with Gasteiger partial charge < -0.3 is 0 Å². The lowest BCUT2D eigenvalue weighted by Crippen LogP contribution is -2.39. The maximum atomic E-state index is 11.8. The number of hydrogen-bond donors (Lipinski definition) is 0. The summed E-state index contributed by atoms with van der Waals surface area (Å²) >= 11 is 0. The average Bonchev–Trinajstić information content (AvgIpc) is 2.31. The van der Waals surface area contributed by atoms with Crippen molar-refractivity contribution >= 4 is 5.78 Å². The summed E-state index contributed by atoms with van der Waals surface area (Å²) in [5.74, 6) is 0.391. The summed E-state index contributed by atoms with van der Waals surface area (Å²) in [5, 5.41) is 0. The topological polar surface area (TPSA) is 20.3 Å². The van der Waals surface area contributed by atoms with E-state index in [9.17, 15) is 4.79 Å². The highest BCUT2D eigenvalue weighted by Gasteiger charge is 2.34. The zero-order valence-electron chi connectivity index (χ0n) is 8.55. The Morgan fingerprint density at radius 1 is 1.42 bits per heavy atom. The monoisotopic (exact) mass is 169 g/mol. The highest BCUT2D eigenvalue weighted by Crippen LogP contribution is 2.25. The van der Waals surface area contributed by atoms with E-state index in [2.05, 4.69) is 4.90 Å². The number of carbonyl (C=O) groups is 1. The Kier molecular flexibility index (Phi) is 2.57. The molecule has 2 nitrogen and oxygen atoms in total. The van der Waals surface area contributed by atoms with Gasteiger partial charge in [0.1, 0.15) is 0 Å². The van der Waals surface area contributed by atoms with Gasteiger partial charge in [-0.05, 0) is 26.4 Å². The Hall–Kier alpha value is -0.370. The van der Waals surface area contributed by atoms with Crippen molar-refractivity contribution in [3.63, 3.8) is 0 Å². The van der Waals surface area contributed by atoms with Crippen molar-refractivity contribution < 1.29 is 4.79 Å². The molecule has 0 radical (unpaired) electrons. The fraction of sp³-hybridized carbons (Fsp3) is 0.900. The standard InChI is InChI=1S/C10H19NO/c1-10(2,3)9(12)8-6-5-7-11(8)4/h8H,5-7H2,1-4H3. The van der Waals surface area contributed by atoms with Crippen molar-refractivity contribution in [2.75, 3.05) is 13.6 Å². The number of ketones is 1. The molecule has 0 saturated carbocycles. The van der Waals surface area contributed by atoms with Crippen LogP contribution < -0.4 is 0 Å². The number of carbonyl (C=O) groups excluding carboxylic acids is 1. The molecule has 1 rings (SSSR count). The van der Waals surface area contributed by atoms with E-state index in [1.54, 1.807) is 0 Å². The maximum absolute atomic E-state index is 11.8. The van der Waals surface area contributed by atoms with Gasteiger partial charge in [-0.3, -0.25) is 9.69 Å². The Labute approximate surface area is 74.9 Å². The van der Waals surface area contributed by atoms with Crippen LogP contribution in [0.15, 0.2) is 0 Å². The molecule has 1 unspecified atom stereocenters. The minimum absolute atomic E-state index is 0.177. The van der Waals surface area contributed by atoms with Crippen LogP contribution in [0.1, 0.15) is 33.6 Å². The van der Waals surface area contributed by atoms with E-state index in [0.29, 0.717) is 5.78 Å². The molecule has 0 aromatic carbocycles. The minimum Gasteiger partial charge on any atom is -0.297 e. The zero-order chi connectivity index (χ0) is 9.35. The molecule has 0 N–H and O–H groups in total. The molecule has 0 aromatic heterocycles. The number of nitrogens with zero attached hydrogens (tertiary/aromatic N) is 1. The second kappa shape index (κ2) is 3.17. The van der Waals surface area contributed by atoms with Crippen LogP contribution in [0.4, 0.5) is 0 Å². The summed E-state index contributed by atoms with van der Waals surface area (Å²) in [5.41, 5.74) is -0.177. The Bertz CT molecular complexity index is 181. The highest BCUT2D eigenvalue weighted by atomic mass is 16.1. The Morgan fingerprint density at radius 3 is 2.33 bits per heavy atom. The second-order valence-corrected chi connectivity index (χ2v) is 4.75. The van der Waals surface area contributed by atoms with E-state index in [1.165, 1.54) is 6.42 Å². The third-order valence-corrected chi connectivity index (χ3v) is 2.56. The summed E-state index contributed by atoms with van der Waals surface area (Å²) in [6.45, 7) is 7.08. The first kappa shape index (κ1) is 9.72. The van der Waals surface area contributed by atoms with Gasteiger partial charge in [0.25, 0.3) is 0 Å². The van der Waals surface area contributed by atoms with Crippen molar-refractivity contribution in [2.45, 2.75) is 39.7 Å². The van der Waals surface area contributed by atoms with E-state index >= 15 is 0 Å². The lowest BCUT2D eigenvalue weighted by atomic mass is 9.86. The largest absolute Gasteiger partial charge is 0.297 e. The lowest BCUT2D eigenvalue weighted by Gasteiger charge is -2.25. The third kappa shape index (κ3) is 1.86. The van der Waals surface area contributed by atoms with Gasteiger partial charge in [0.15, 0.2) is 5.78 Å². The van der Waals surface area contributed by atoms with Gasteiger partial charge in [-0.2, -0.15) is 0 Å². The smallest absolute Gasteiger partial charge is 0.155 e. The minimum atomic E-state index is -0.177. The first-order valence-electron chi connectivity index (χ1n) is 4.67. The van der Waals surface area contributed by atoms with Crippen LogP contribution >= 0.6 is 0 Å². The molecule has 1 aliphatic heterocycles. The number of likely N-dealkylation sites (tertiary alicyclic amines) is 1. The van der Waals surface area contributed by atoms with Gasteiger partial charge in [0.05, 0.1) is 6.04 Å². The van der Waals surface area contributed by atoms with Crippen LogP contribution in [0.25, 0.3) is 0 Å². The summed E-state index contributed by atoms with van der Waals surface area (Å²) in [4.78, 5) is 14.0. The molecule has 1 atom stereocenters. The van der Waals surface area contributed by atoms with Crippen molar-refractivity contribution in [3.8, 4) is 0 Å². The van der Waals surface area contributed by atoms with Gasteiger partial charge in [0.2, 0.25) is 0 Å². The van der Waals surface area contributed by atoms with Crippen LogP contribution in [-0.2, 0) is 4.79 Å². The van der Waals surface area contributed by atoms with E-state index in [1.807, 2.05) is 27.8 Å². The molecule has 12 heavy (non-hydrogen) atoms. The van der Waals surface area contributed by atoms with E-state index < -0.39 is 0 Å². The lowest BCUT2D eigenvalue weighted by molar-refractivity contribution is -0.130. The van der Waals surface area contributed by atoms with Crippen molar-refractivity contribution in [1.29, 1.82) is 0 Å². The summed E-state index contributed by atoms with van der Waals surface area (Å²) in [7, 11) is 2.04. The van der Waals surface area contributed by atoms with Crippen LogP contribution in [0.3, 0.4) is 0 Å². The molecule has 1 fully saturated rings. The molecular formula is C10H19NO. The third-order valence-electron chi connectivity index (χ3n) is 2.56. The zero-order valence-corrected chi connectivity index (χ0v) is 8.55. The normalized spacial score (nSPS) is 26.2. The van der Waals surface area contributed by atoms with E-state index in [4.69, 9.17) is 0 Å². The summed E-state index contributed by atoms with van der Waals surface area (Å²) < 4.78 is 0. The Morgan fingerprint density at radius 2 is 2.00 bits per heavy atom. The number of likely N-dealkylation sites (N-methyl/N-ethyl adjacent to an activating group) is 1. The van der Waals surface area contributed by atoms with Crippen LogP contribution in [-0.4, -0.2) is 30.3 Å². The highest BCUT2D eigenvalue weighted by molar-refractivity contribution is 5.88. The Balaban J connectivity index is 2.64. The number of rotatable bonds is 1. The van der Waals surface area contributed by atoms with Crippen molar-refractivity contribution in [3.05, 3.63) is 0 Å². The van der Waals surface area contributed by atoms with Crippen LogP contribution in [0.2, 0.25) is 0 Å². The van der Waals surface area contributed by atoms with Crippen LogP contribution in [0, 0.1) is 5.41 Å².